The van der Waals surface area contributed by atoms with Gasteiger partial charge in [-0.2, -0.15) is 0 Å². The molecule has 3 heteroatoms. The number of anilines is 1. The van der Waals surface area contributed by atoms with Crippen LogP contribution >= 0.6 is 0 Å². The quantitative estimate of drug-likeness (QED) is 0.759. The highest BCUT2D eigenvalue weighted by atomic mass is 16.5. The summed E-state index contributed by atoms with van der Waals surface area (Å²) in [7, 11) is 0. The zero-order valence-corrected chi connectivity index (χ0v) is 13.8. The van der Waals surface area contributed by atoms with E-state index < -0.39 is 0 Å². The monoisotopic (exact) mass is 299 g/mol. The maximum atomic E-state index is 5.86. The normalized spacial score (nSPS) is 10.6. The average molecular weight is 299 g/mol. The van der Waals surface area contributed by atoms with Crippen molar-refractivity contribution in [3.8, 4) is 11.5 Å². The van der Waals surface area contributed by atoms with E-state index in [1.807, 2.05) is 38.1 Å². The van der Waals surface area contributed by atoms with Crippen LogP contribution in [0.3, 0.4) is 0 Å². The molecular formula is C19H25NO2. The van der Waals surface area contributed by atoms with E-state index in [9.17, 15) is 0 Å². The summed E-state index contributed by atoms with van der Waals surface area (Å²) in [6.07, 6.45) is 0.161. The first-order valence-corrected chi connectivity index (χ1v) is 7.76. The van der Waals surface area contributed by atoms with Gasteiger partial charge in [-0.3, -0.25) is 0 Å². The van der Waals surface area contributed by atoms with Crippen LogP contribution in [0.4, 0.5) is 5.69 Å². The van der Waals surface area contributed by atoms with Gasteiger partial charge in [0, 0.05) is 6.54 Å². The lowest BCUT2D eigenvalue weighted by Gasteiger charge is -2.16. The molecule has 0 heterocycles. The van der Waals surface area contributed by atoms with Crippen LogP contribution < -0.4 is 14.8 Å². The molecule has 2 rings (SSSR count). The topological polar surface area (TPSA) is 30.5 Å². The molecule has 22 heavy (non-hydrogen) atoms. The number of hydrogen-bond donors (Lipinski definition) is 1. The summed E-state index contributed by atoms with van der Waals surface area (Å²) in [5.74, 6) is 1.83. The third-order valence-electron chi connectivity index (χ3n) is 3.27. The molecule has 0 amide bonds. The average Bonchev–Trinajstić information content (AvgIpc) is 2.48. The number of nitrogens with one attached hydrogen (secondary N) is 1. The SMILES string of the molecule is Cc1ccc(C)c(OCCNc2ccccc2OC(C)C)c1. The molecule has 3 nitrogen and oxygen atoms in total. The number of benzene rings is 2. The minimum absolute atomic E-state index is 0.161. The van der Waals surface area contributed by atoms with Crippen LogP contribution in [0.25, 0.3) is 0 Å². The zero-order valence-electron chi connectivity index (χ0n) is 13.8. The van der Waals surface area contributed by atoms with Crippen molar-refractivity contribution in [3.63, 3.8) is 0 Å². The fourth-order valence-electron chi connectivity index (χ4n) is 2.18. The van der Waals surface area contributed by atoms with Gasteiger partial charge in [0.05, 0.1) is 11.8 Å². The molecule has 1 N–H and O–H groups in total. The van der Waals surface area contributed by atoms with Crippen LogP contribution in [0.2, 0.25) is 0 Å². The molecular weight excluding hydrogens is 274 g/mol. The largest absolute Gasteiger partial charge is 0.491 e. The molecule has 0 fully saturated rings. The van der Waals surface area contributed by atoms with Crippen molar-refractivity contribution >= 4 is 5.69 Å². The number of rotatable bonds is 7. The van der Waals surface area contributed by atoms with Gasteiger partial charge in [-0.05, 0) is 57.0 Å². The third kappa shape index (κ3) is 4.69. The summed E-state index contributed by atoms with van der Waals surface area (Å²) in [4.78, 5) is 0. The van der Waals surface area contributed by atoms with Crippen LogP contribution in [0.5, 0.6) is 11.5 Å². The highest BCUT2D eigenvalue weighted by Crippen LogP contribution is 2.24. The second-order valence-corrected chi connectivity index (χ2v) is 5.71. The fraction of sp³-hybridized carbons (Fsp3) is 0.368. The van der Waals surface area contributed by atoms with E-state index in [2.05, 4.69) is 37.4 Å². The van der Waals surface area contributed by atoms with Gasteiger partial charge < -0.3 is 14.8 Å². The maximum Gasteiger partial charge on any atom is 0.142 e. The van der Waals surface area contributed by atoms with E-state index in [-0.39, 0.29) is 6.10 Å². The van der Waals surface area contributed by atoms with Crippen molar-refractivity contribution < 1.29 is 9.47 Å². The molecule has 0 saturated heterocycles. The van der Waals surface area contributed by atoms with Crippen molar-refractivity contribution in [2.75, 3.05) is 18.5 Å². The van der Waals surface area contributed by atoms with Gasteiger partial charge in [-0.25, -0.2) is 0 Å². The molecule has 0 aliphatic carbocycles. The van der Waals surface area contributed by atoms with Crippen LogP contribution in [0.15, 0.2) is 42.5 Å². The van der Waals surface area contributed by atoms with Crippen LogP contribution in [0, 0.1) is 13.8 Å². The fourth-order valence-corrected chi connectivity index (χ4v) is 2.18. The summed E-state index contributed by atoms with van der Waals surface area (Å²) in [5, 5.41) is 3.37. The summed E-state index contributed by atoms with van der Waals surface area (Å²) in [5.41, 5.74) is 3.37. The predicted molar refractivity (Wildman–Crippen MR) is 92.1 cm³/mol. The van der Waals surface area contributed by atoms with Gasteiger partial charge in [0.25, 0.3) is 0 Å². The lowest BCUT2D eigenvalue weighted by molar-refractivity contribution is 0.243. The highest BCUT2D eigenvalue weighted by molar-refractivity contribution is 5.56. The second kappa shape index (κ2) is 7.74. The second-order valence-electron chi connectivity index (χ2n) is 5.71. The van der Waals surface area contributed by atoms with Crippen molar-refractivity contribution in [1.29, 1.82) is 0 Å². The lowest BCUT2D eigenvalue weighted by Crippen LogP contribution is -2.14. The Morgan fingerprint density at radius 2 is 1.77 bits per heavy atom. The molecule has 0 aromatic heterocycles. The minimum atomic E-state index is 0.161. The number of aryl methyl sites for hydroxylation is 2. The van der Waals surface area contributed by atoms with Gasteiger partial charge in [0.15, 0.2) is 0 Å². The molecule has 0 aliphatic heterocycles. The maximum absolute atomic E-state index is 5.86. The van der Waals surface area contributed by atoms with E-state index >= 15 is 0 Å². The van der Waals surface area contributed by atoms with Crippen LogP contribution in [-0.4, -0.2) is 19.3 Å². The van der Waals surface area contributed by atoms with E-state index in [0.717, 1.165) is 29.3 Å². The summed E-state index contributed by atoms with van der Waals surface area (Å²) in [6.45, 7) is 9.53. The standard InChI is InChI=1S/C19H25NO2/c1-14(2)22-18-8-6-5-7-17(18)20-11-12-21-19-13-15(3)9-10-16(19)4/h5-10,13-14,20H,11-12H2,1-4H3. The van der Waals surface area contributed by atoms with E-state index in [1.165, 1.54) is 5.56 Å². The molecule has 2 aromatic carbocycles. The summed E-state index contributed by atoms with van der Waals surface area (Å²) < 4.78 is 11.6. The van der Waals surface area contributed by atoms with Crippen molar-refractivity contribution in [2.24, 2.45) is 0 Å². The highest BCUT2D eigenvalue weighted by Gasteiger charge is 2.04. The molecule has 0 unspecified atom stereocenters. The Bertz CT molecular complexity index is 608. The Morgan fingerprint density at radius 3 is 2.55 bits per heavy atom. The van der Waals surface area contributed by atoms with Gasteiger partial charge in [0.2, 0.25) is 0 Å². The Hall–Kier alpha value is -2.16. The van der Waals surface area contributed by atoms with E-state index in [1.54, 1.807) is 0 Å². The Kier molecular flexibility index (Phi) is 5.70. The van der Waals surface area contributed by atoms with Crippen LogP contribution in [0.1, 0.15) is 25.0 Å². The molecule has 118 valence electrons. The minimum Gasteiger partial charge on any atom is -0.491 e. The first-order chi connectivity index (χ1) is 10.6. The van der Waals surface area contributed by atoms with Crippen LogP contribution in [-0.2, 0) is 0 Å². The van der Waals surface area contributed by atoms with Crippen molar-refractivity contribution in [2.45, 2.75) is 33.8 Å². The Morgan fingerprint density at radius 1 is 1.00 bits per heavy atom. The van der Waals surface area contributed by atoms with Gasteiger partial charge in [0.1, 0.15) is 18.1 Å². The van der Waals surface area contributed by atoms with Crippen molar-refractivity contribution in [1.82, 2.24) is 0 Å². The first-order valence-electron chi connectivity index (χ1n) is 7.76. The third-order valence-corrected chi connectivity index (χ3v) is 3.27. The molecule has 0 saturated carbocycles. The summed E-state index contributed by atoms with van der Waals surface area (Å²) in [6, 6.07) is 14.2. The van der Waals surface area contributed by atoms with Gasteiger partial charge >= 0.3 is 0 Å². The number of ether oxygens (including phenoxy) is 2. The molecule has 2 aromatic rings. The molecule has 0 spiro atoms. The Balaban J connectivity index is 1.88. The number of hydrogen-bond acceptors (Lipinski definition) is 3. The molecule has 0 bridgehead atoms. The lowest BCUT2D eigenvalue weighted by atomic mass is 10.1. The predicted octanol–water partition coefficient (Wildman–Crippen LogP) is 4.58. The first kappa shape index (κ1) is 16.2. The number of para-hydroxylation sites is 2. The summed E-state index contributed by atoms with van der Waals surface area (Å²) >= 11 is 0. The molecule has 0 radical (unpaired) electrons. The zero-order chi connectivity index (χ0) is 15.9. The Labute approximate surface area is 133 Å². The van der Waals surface area contributed by atoms with E-state index in [0.29, 0.717) is 6.61 Å². The molecule has 0 atom stereocenters. The van der Waals surface area contributed by atoms with Crippen molar-refractivity contribution in [3.05, 3.63) is 53.6 Å². The van der Waals surface area contributed by atoms with Gasteiger partial charge in [-0.15, -0.1) is 0 Å². The van der Waals surface area contributed by atoms with E-state index in [4.69, 9.17) is 9.47 Å². The molecule has 0 aliphatic rings. The van der Waals surface area contributed by atoms with Gasteiger partial charge in [-0.1, -0.05) is 24.3 Å². The smallest absolute Gasteiger partial charge is 0.142 e.